The normalized spacial score (nSPS) is 5.14. The molecule has 0 unspecified atom stereocenters. The zero-order chi connectivity index (χ0) is 5.41. The summed E-state index contributed by atoms with van der Waals surface area (Å²) in [5, 5.41) is 7.57. The molecule has 0 atom stereocenters. The van der Waals surface area contributed by atoms with E-state index in [9.17, 15) is 0 Å². The molecule has 0 heterocycles. The third-order valence-electron chi connectivity index (χ3n) is 0. The number of aliphatic hydroxyl groups excluding tert-OH is 1. The summed E-state index contributed by atoms with van der Waals surface area (Å²) in [5.41, 5.74) is 0. The molecule has 0 aromatic heterocycles. The van der Waals surface area contributed by atoms with Crippen molar-refractivity contribution in [2.45, 2.75) is 27.2 Å². The van der Waals surface area contributed by atoms with Crippen LogP contribution in [0.4, 0.5) is 0 Å². The Morgan fingerprint density at radius 2 is 1.14 bits per heavy atom. The Morgan fingerprint density at radius 3 is 1.14 bits per heavy atom. The van der Waals surface area contributed by atoms with E-state index in [1.807, 2.05) is 0 Å². The predicted octanol–water partition coefficient (Wildman–Crippen LogP) is 0.590. The molecule has 0 saturated carbocycles. The van der Waals surface area contributed by atoms with Crippen LogP contribution >= 0.6 is 0 Å². The quantitative estimate of drug-likeness (QED) is 0.485. The summed E-state index contributed by atoms with van der Waals surface area (Å²) in [4.78, 5) is 0. The fourth-order valence-electron chi connectivity index (χ4n) is 0. The fraction of sp³-hybridized carbons (Fsp3) is 1.00. The van der Waals surface area contributed by atoms with Crippen molar-refractivity contribution in [1.29, 1.82) is 0 Å². The minimum atomic E-state index is 0. The molecule has 3 N–H and O–H groups in total. The van der Waals surface area contributed by atoms with Gasteiger partial charge in [-0.2, -0.15) is 0 Å². The summed E-state index contributed by atoms with van der Waals surface area (Å²) in [6, 6.07) is 0. The van der Waals surface area contributed by atoms with Gasteiger partial charge >= 0.3 is 0 Å². The zero-order valence-corrected chi connectivity index (χ0v) is 5.36. The number of hydrogen-bond acceptors (Lipinski definition) is 1. The minimum Gasteiger partial charge on any atom is -0.412 e. The Balaban J connectivity index is -0.0000000400. The molecule has 7 heavy (non-hydrogen) atoms. The van der Waals surface area contributed by atoms with Crippen LogP contribution in [0, 0.1) is 0 Å². The first-order valence-electron chi connectivity index (χ1n) is 2.44. The van der Waals surface area contributed by atoms with Gasteiger partial charge in [0.2, 0.25) is 0 Å². The Bertz CT molecular complexity index is 8.04. The smallest absolute Gasteiger partial charge is 0.0402 e. The first kappa shape index (κ1) is 15.8. The van der Waals surface area contributed by atoms with Gasteiger partial charge in [-0.05, 0) is 6.92 Å². The summed E-state index contributed by atoms with van der Waals surface area (Å²) in [5.74, 6) is 0. The summed E-state index contributed by atoms with van der Waals surface area (Å²) in [7, 11) is 0. The molecule has 0 aliphatic rings. The van der Waals surface area contributed by atoms with Crippen LogP contribution in [-0.2, 0) is 0 Å². The van der Waals surface area contributed by atoms with Crippen molar-refractivity contribution in [1.82, 2.24) is 0 Å². The van der Waals surface area contributed by atoms with E-state index in [2.05, 4.69) is 13.8 Å². The van der Waals surface area contributed by atoms with E-state index in [1.54, 1.807) is 6.92 Å². The largest absolute Gasteiger partial charge is 0.412 e. The third-order valence-corrected chi connectivity index (χ3v) is 0. The van der Waals surface area contributed by atoms with Crippen molar-refractivity contribution in [3.8, 4) is 0 Å². The van der Waals surface area contributed by atoms with Crippen LogP contribution < -0.4 is 0 Å². The van der Waals surface area contributed by atoms with Gasteiger partial charge in [-0.25, -0.2) is 0 Å². The van der Waals surface area contributed by atoms with Crippen molar-refractivity contribution >= 4 is 0 Å². The molecule has 0 spiro atoms. The van der Waals surface area contributed by atoms with Gasteiger partial charge in [-0.15, -0.1) is 0 Å². The van der Waals surface area contributed by atoms with Crippen molar-refractivity contribution in [3.05, 3.63) is 0 Å². The Kier molecular flexibility index (Phi) is 87.6. The number of rotatable bonds is 0. The monoisotopic (exact) mass is 108 g/mol. The minimum absolute atomic E-state index is 0. The molecule has 2 nitrogen and oxygen atoms in total. The second-order valence-electron chi connectivity index (χ2n) is 1.02. The Hall–Kier alpha value is -0.0800. The van der Waals surface area contributed by atoms with E-state index in [4.69, 9.17) is 5.11 Å². The maximum Gasteiger partial charge on any atom is 0.0402 e. The Labute approximate surface area is 45.5 Å². The predicted molar refractivity (Wildman–Crippen MR) is 32.3 cm³/mol. The van der Waals surface area contributed by atoms with Gasteiger partial charge in [0.15, 0.2) is 0 Å². The molecule has 0 aliphatic carbocycles. The lowest BCUT2D eigenvalue weighted by Crippen LogP contribution is -1.57. The van der Waals surface area contributed by atoms with Crippen molar-refractivity contribution in [2.75, 3.05) is 6.61 Å². The van der Waals surface area contributed by atoms with Gasteiger partial charge in [0, 0.05) is 6.61 Å². The van der Waals surface area contributed by atoms with Crippen LogP contribution in [0.5, 0.6) is 0 Å². The highest BCUT2D eigenvalue weighted by Gasteiger charge is 1.35. The lowest BCUT2D eigenvalue weighted by molar-refractivity contribution is 0.318. The van der Waals surface area contributed by atoms with E-state index in [0.29, 0.717) is 0 Å². The average Bonchev–Trinajstić information content (AvgIpc) is 1.39. The first-order chi connectivity index (χ1) is 2.83. The lowest BCUT2D eigenvalue weighted by Gasteiger charge is -1.52. The summed E-state index contributed by atoms with van der Waals surface area (Å²) >= 11 is 0. The standard InChI is InChI=1S/C3H8.C2H6O.H2O/c1-3-2;1-2-3;/h3H2,1-2H3;3H,2H2,1H3;1H2. The Morgan fingerprint density at radius 1 is 1.14 bits per heavy atom. The molecule has 0 rings (SSSR count). The van der Waals surface area contributed by atoms with Crippen LogP contribution in [0.2, 0.25) is 0 Å². The molecular formula is C5H16O2. The molecule has 0 amide bonds. The molecule has 0 fully saturated rings. The van der Waals surface area contributed by atoms with Gasteiger partial charge in [-0.1, -0.05) is 20.3 Å². The van der Waals surface area contributed by atoms with Crippen LogP contribution in [0.3, 0.4) is 0 Å². The molecule has 0 aliphatic heterocycles. The van der Waals surface area contributed by atoms with Crippen molar-refractivity contribution in [2.24, 2.45) is 0 Å². The van der Waals surface area contributed by atoms with E-state index in [-0.39, 0.29) is 12.1 Å². The van der Waals surface area contributed by atoms with Crippen LogP contribution in [0.15, 0.2) is 0 Å². The highest BCUT2D eigenvalue weighted by molar-refractivity contribution is 3.92. The van der Waals surface area contributed by atoms with Gasteiger partial charge in [0.05, 0.1) is 0 Å². The van der Waals surface area contributed by atoms with Crippen molar-refractivity contribution < 1.29 is 10.6 Å². The van der Waals surface area contributed by atoms with E-state index < -0.39 is 0 Å². The van der Waals surface area contributed by atoms with Crippen LogP contribution in [-0.4, -0.2) is 17.2 Å². The van der Waals surface area contributed by atoms with E-state index >= 15 is 0 Å². The molecule has 0 radical (unpaired) electrons. The SMILES string of the molecule is CCC.CCO.O. The molecular weight excluding hydrogens is 92.1 g/mol. The summed E-state index contributed by atoms with van der Waals surface area (Å²) in [6.45, 7) is 6.18. The number of aliphatic hydroxyl groups is 1. The van der Waals surface area contributed by atoms with Gasteiger partial charge in [0.1, 0.15) is 0 Å². The topological polar surface area (TPSA) is 51.7 Å². The van der Waals surface area contributed by atoms with E-state index in [0.717, 1.165) is 0 Å². The molecule has 0 aromatic carbocycles. The lowest BCUT2D eigenvalue weighted by atomic mass is 10.6. The van der Waals surface area contributed by atoms with E-state index in [1.165, 1.54) is 6.42 Å². The first-order valence-corrected chi connectivity index (χ1v) is 2.44. The van der Waals surface area contributed by atoms with Gasteiger partial charge in [0.25, 0.3) is 0 Å². The molecule has 2 heteroatoms. The average molecular weight is 108 g/mol. The van der Waals surface area contributed by atoms with Crippen molar-refractivity contribution in [3.63, 3.8) is 0 Å². The summed E-state index contributed by atoms with van der Waals surface area (Å²) in [6.07, 6.45) is 1.25. The maximum absolute atomic E-state index is 7.57. The van der Waals surface area contributed by atoms with Crippen LogP contribution in [0.1, 0.15) is 27.2 Å². The van der Waals surface area contributed by atoms with Gasteiger partial charge < -0.3 is 10.6 Å². The summed E-state index contributed by atoms with van der Waals surface area (Å²) < 4.78 is 0. The van der Waals surface area contributed by atoms with Crippen LogP contribution in [0.25, 0.3) is 0 Å². The fourth-order valence-corrected chi connectivity index (χ4v) is 0. The number of hydrogen-bond donors (Lipinski definition) is 1. The zero-order valence-electron chi connectivity index (χ0n) is 5.36. The molecule has 0 saturated heterocycles. The molecule has 0 aromatic rings. The highest BCUT2D eigenvalue weighted by Crippen LogP contribution is 1.56. The third kappa shape index (κ3) is 14200. The second kappa shape index (κ2) is 38.9. The molecule has 48 valence electrons. The second-order valence-corrected chi connectivity index (χ2v) is 1.02. The highest BCUT2D eigenvalue weighted by atomic mass is 16.2. The van der Waals surface area contributed by atoms with Gasteiger partial charge in [-0.3, -0.25) is 0 Å². The maximum atomic E-state index is 7.57. The molecule has 0 bridgehead atoms.